The third-order valence-corrected chi connectivity index (χ3v) is 1.97. The average Bonchev–Trinajstić information content (AvgIpc) is 2.89. The van der Waals surface area contributed by atoms with Gasteiger partial charge in [-0.05, 0) is 12.1 Å². The molecule has 6 nitrogen and oxygen atoms in total. The van der Waals surface area contributed by atoms with Crippen molar-refractivity contribution in [3.8, 4) is 5.75 Å². The molecule has 0 unspecified atom stereocenters. The van der Waals surface area contributed by atoms with E-state index in [4.69, 9.17) is 9.15 Å². The highest BCUT2D eigenvalue weighted by atomic mass is 16.5. The van der Waals surface area contributed by atoms with Gasteiger partial charge in [-0.15, -0.1) is 0 Å². The second-order valence-electron chi connectivity index (χ2n) is 3.16. The number of aromatic nitrogens is 2. The van der Waals surface area contributed by atoms with Crippen LogP contribution in [0.1, 0.15) is 10.5 Å². The van der Waals surface area contributed by atoms with Crippen LogP contribution >= 0.6 is 0 Å². The van der Waals surface area contributed by atoms with Crippen molar-refractivity contribution in [1.82, 2.24) is 15.3 Å². The third-order valence-electron chi connectivity index (χ3n) is 1.97. The number of rotatable bonds is 5. The third kappa shape index (κ3) is 3.30. The maximum Gasteiger partial charge on any atom is 0.273 e. The zero-order valence-electron chi connectivity index (χ0n) is 9.00. The first kappa shape index (κ1) is 11.1. The van der Waals surface area contributed by atoms with E-state index in [-0.39, 0.29) is 11.6 Å². The molecule has 0 aromatic carbocycles. The van der Waals surface area contributed by atoms with E-state index in [1.165, 1.54) is 12.7 Å². The number of oxazole rings is 1. The van der Waals surface area contributed by atoms with Gasteiger partial charge in [0.1, 0.15) is 18.6 Å². The Hall–Kier alpha value is -2.37. The van der Waals surface area contributed by atoms with Crippen LogP contribution in [0.5, 0.6) is 5.75 Å². The highest BCUT2D eigenvalue weighted by Gasteiger charge is 2.06. The predicted octanol–water partition coefficient (Wildman–Crippen LogP) is 0.878. The van der Waals surface area contributed by atoms with Crippen LogP contribution in [0.15, 0.2) is 41.6 Å². The van der Waals surface area contributed by atoms with E-state index in [1.54, 1.807) is 24.5 Å². The van der Waals surface area contributed by atoms with E-state index in [0.717, 1.165) is 5.75 Å². The summed E-state index contributed by atoms with van der Waals surface area (Å²) in [5.74, 6) is 0.438. The van der Waals surface area contributed by atoms with E-state index in [1.807, 2.05) is 0 Å². The summed E-state index contributed by atoms with van der Waals surface area (Å²) in [6, 6.07) is 3.50. The van der Waals surface area contributed by atoms with E-state index < -0.39 is 0 Å². The largest absolute Gasteiger partial charge is 0.492 e. The number of amides is 1. The van der Waals surface area contributed by atoms with Gasteiger partial charge in [-0.3, -0.25) is 9.78 Å². The first-order chi connectivity index (χ1) is 8.36. The summed E-state index contributed by atoms with van der Waals surface area (Å²) >= 11 is 0. The highest BCUT2D eigenvalue weighted by Crippen LogP contribution is 2.05. The van der Waals surface area contributed by atoms with Gasteiger partial charge in [0.15, 0.2) is 12.1 Å². The lowest BCUT2D eigenvalue weighted by molar-refractivity contribution is 0.0942. The number of carbonyl (C=O) groups excluding carboxylic acids is 1. The molecule has 2 aromatic heterocycles. The van der Waals surface area contributed by atoms with Crippen LogP contribution in [0.4, 0.5) is 0 Å². The van der Waals surface area contributed by atoms with Crippen LogP contribution < -0.4 is 10.1 Å². The van der Waals surface area contributed by atoms with Crippen LogP contribution in [-0.4, -0.2) is 29.0 Å². The number of ether oxygens (including phenoxy) is 1. The van der Waals surface area contributed by atoms with Gasteiger partial charge in [0.2, 0.25) is 0 Å². The first-order valence-electron chi connectivity index (χ1n) is 5.05. The summed E-state index contributed by atoms with van der Waals surface area (Å²) in [6.45, 7) is 0.779. The zero-order valence-corrected chi connectivity index (χ0v) is 9.00. The lowest BCUT2D eigenvalue weighted by Crippen LogP contribution is -2.28. The predicted molar refractivity (Wildman–Crippen MR) is 58.6 cm³/mol. The monoisotopic (exact) mass is 233 g/mol. The summed E-state index contributed by atoms with van der Waals surface area (Å²) in [4.78, 5) is 19.0. The average molecular weight is 233 g/mol. The van der Waals surface area contributed by atoms with E-state index in [2.05, 4.69) is 15.3 Å². The molecule has 0 radical (unpaired) electrons. The minimum Gasteiger partial charge on any atom is -0.492 e. The van der Waals surface area contributed by atoms with Crippen molar-refractivity contribution >= 4 is 5.91 Å². The van der Waals surface area contributed by atoms with Gasteiger partial charge in [-0.25, -0.2) is 4.98 Å². The summed E-state index contributed by atoms with van der Waals surface area (Å²) in [7, 11) is 0. The number of nitrogens with zero attached hydrogens (tertiary/aromatic N) is 2. The Balaban J connectivity index is 1.69. The lowest BCUT2D eigenvalue weighted by atomic mass is 10.4. The first-order valence-corrected chi connectivity index (χ1v) is 5.05. The molecule has 88 valence electrons. The van der Waals surface area contributed by atoms with Crippen molar-refractivity contribution in [3.63, 3.8) is 0 Å². The lowest BCUT2D eigenvalue weighted by Gasteiger charge is -2.05. The summed E-state index contributed by atoms with van der Waals surface area (Å²) in [5, 5.41) is 2.65. The summed E-state index contributed by atoms with van der Waals surface area (Å²) < 4.78 is 10.1. The minimum absolute atomic E-state index is 0.258. The van der Waals surface area contributed by atoms with E-state index in [0.29, 0.717) is 13.2 Å². The van der Waals surface area contributed by atoms with E-state index >= 15 is 0 Å². The molecule has 0 spiro atoms. The van der Waals surface area contributed by atoms with E-state index in [9.17, 15) is 4.79 Å². The minimum atomic E-state index is -0.280. The van der Waals surface area contributed by atoms with Gasteiger partial charge < -0.3 is 14.5 Å². The number of carbonyl (C=O) groups is 1. The maximum absolute atomic E-state index is 11.4. The molecule has 2 aromatic rings. The molecule has 0 fully saturated rings. The standard InChI is InChI=1S/C11H11N3O3/c15-11(10-7-16-8-14-10)13-5-6-17-9-1-3-12-4-2-9/h1-4,7-8H,5-6H2,(H,13,15). The molecule has 17 heavy (non-hydrogen) atoms. The van der Waals surface area contributed by atoms with Crippen LogP contribution in [0.25, 0.3) is 0 Å². The number of hydrogen-bond acceptors (Lipinski definition) is 5. The van der Waals surface area contributed by atoms with Gasteiger partial charge in [0, 0.05) is 12.4 Å². The Morgan fingerprint density at radius 2 is 2.24 bits per heavy atom. The SMILES string of the molecule is O=C(NCCOc1ccncc1)c1cocn1. The molecule has 0 aliphatic heterocycles. The molecule has 0 aliphatic rings. The fourth-order valence-corrected chi connectivity index (χ4v) is 1.18. The van der Waals surface area contributed by atoms with Gasteiger partial charge in [-0.2, -0.15) is 0 Å². The normalized spacial score (nSPS) is 9.88. The topological polar surface area (TPSA) is 77.2 Å². The molecule has 0 bridgehead atoms. The maximum atomic E-state index is 11.4. The highest BCUT2D eigenvalue weighted by molar-refractivity contribution is 5.91. The Morgan fingerprint density at radius 3 is 2.94 bits per heavy atom. The molecule has 1 N–H and O–H groups in total. The van der Waals surface area contributed by atoms with Crippen LogP contribution in [-0.2, 0) is 0 Å². The fourth-order valence-electron chi connectivity index (χ4n) is 1.18. The van der Waals surface area contributed by atoms with Gasteiger partial charge >= 0.3 is 0 Å². The molecule has 0 saturated carbocycles. The van der Waals surface area contributed by atoms with Crippen LogP contribution in [0.3, 0.4) is 0 Å². The second kappa shape index (κ2) is 5.64. The van der Waals surface area contributed by atoms with Crippen LogP contribution in [0.2, 0.25) is 0 Å². The second-order valence-corrected chi connectivity index (χ2v) is 3.16. The Bertz CT molecular complexity index is 456. The van der Waals surface area contributed by atoms with Crippen molar-refractivity contribution in [2.75, 3.05) is 13.2 Å². The molecule has 2 rings (SSSR count). The number of hydrogen-bond donors (Lipinski definition) is 1. The molecule has 0 atom stereocenters. The fraction of sp³-hybridized carbons (Fsp3) is 0.182. The van der Waals surface area contributed by atoms with Crippen molar-refractivity contribution in [3.05, 3.63) is 42.9 Å². The van der Waals surface area contributed by atoms with Crippen molar-refractivity contribution in [1.29, 1.82) is 0 Å². The summed E-state index contributed by atoms with van der Waals surface area (Å²) in [6.07, 6.45) is 5.79. The molecular formula is C11H11N3O3. The number of nitrogens with one attached hydrogen (secondary N) is 1. The van der Waals surface area contributed by atoms with Crippen molar-refractivity contribution < 1.29 is 13.9 Å². The van der Waals surface area contributed by atoms with Crippen LogP contribution in [0, 0.1) is 0 Å². The Morgan fingerprint density at radius 1 is 1.41 bits per heavy atom. The molecule has 0 saturated heterocycles. The molecule has 1 amide bonds. The smallest absolute Gasteiger partial charge is 0.273 e. The molecule has 0 aliphatic carbocycles. The number of pyridine rings is 1. The quantitative estimate of drug-likeness (QED) is 0.775. The molecule has 2 heterocycles. The van der Waals surface area contributed by atoms with Crippen molar-refractivity contribution in [2.45, 2.75) is 0 Å². The summed E-state index contributed by atoms with van der Waals surface area (Å²) in [5.41, 5.74) is 0.258. The van der Waals surface area contributed by atoms with Gasteiger partial charge in [-0.1, -0.05) is 0 Å². The Kier molecular flexibility index (Phi) is 3.69. The molecular weight excluding hydrogens is 222 g/mol. The van der Waals surface area contributed by atoms with Gasteiger partial charge in [0.05, 0.1) is 6.54 Å². The van der Waals surface area contributed by atoms with Gasteiger partial charge in [0.25, 0.3) is 5.91 Å². The van der Waals surface area contributed by atoms with Crippen molar-refractivity contribution in [2.24, 2.45) is 0 Å². The Labute approximate surface area is 97.6 Å². The zero-order chi connectivity index (χ0) is 11.9. The molecule has 6 heteroatoms.